The molecule has 0 N–H and O–H groups in total. The van der Waals surface area contributed by atoms with Crippen LogP contribution in [0.15, 0.2) is 22.7 Å². The minimum Gasteiger partial charge on any atom is -0.298 e. The van der Waals surface area contributed by atoms with E-state index in [1.54, 1.807) is 4.68 Å². The number of rotatable bonds is 3. The molecule has 19 heavy (non-hydrogen) atoms. The Morgan fingerprint density at radius 1 is 1.42 bits per heavy atom. The lowest BCUT2D eigenvalue weighted by Crippen LogP contribution is -2.00. The Kier molecular flexibility index (Phi) is 4.11. The Morgan fingerprint density at radius 3 is 2.58 bits per heavy atom. The summed E-state index contributed by atoms with van der Waals surface area (Å²) in [7, 11) is 0. The molecule has 0 amide bonds. The van der Waals surface area contributed by atoms with Crippen LogP contribution in [0.2, 0.25) is 5.15 Å². The summed E-state index contributed by atoms with van der Waals surface area (Å²) >= 11 is 9.70. The molecule has 2 aromatic rings. The average Bonchev–Trinajstić information content (AvgIpc) is 2.66. The number of benzene rings is 1. The van der Waals surface area contributed by atoms with Gasteiger partial charge in [-0.3, -0.25) is 4.79 Å². The quantitative estimate of drug-likeness (QED) is 0.769. The topological polar surface area (TPSA) is 34.9 Å². The first-order valence-corrected chi connectivity index (χ1v) is 7.13. The number of carbonyl (C=O) groups is 1. The predicted octanol–water partition coefficient (Wildman–Crippen LogP) is 4.53. The van der Waals surface area contributed by atoms with Crippen molar-refractivity contribution in [3.05, 3.63) is 44.6 Å². The highest BCUT2D eigenvalue weighted by atomic mass is 79.9. The maximum Gasteiger partial charge on any atom is 0.155 e. The zero-order chi connectivity index (χ0) is 14.2. The molecule has 0 aliphatic heterocycles. The van der Waals surface area contributed by atoms with Gasteiger partial charge in [0.25, 0.3) is 0 Å². The Hall–Kier alpha value is -1.13. The summed E-state index contributed by atoms with van der Waals surface area (Å²) in [4.78, 5) is 11.2. The fourth-order valence-electron chi connectivity index (χ4n) is 1.98. The summed E-state index contributed by atoms with van der Waals surface area (Å²) in [5.41, 5.74) is 3.11. The molecule has 0 atom stereocenters. The Balaban J connectivity index is 2.66. The summed E-state index contributed by atoms with van der Waals surface area (Å²) in [5, 5.41) is 4.84. The monoisotopic (exact) mass is 340 g/mol. The largest absolute Gasteiger partial charge is 0.298 e. The SMILES string of the molecule is Cc1cc(Br)ccc1-n1nc(C(C)C)c(C=O)c1Cl. The molecule has 3 nitrogen and oxygen atoms in total. The van der Waals surface area contributed by atoms with Crippen molar-refractivity contribution in [2.45, 2.75) is 26.7 Å². The molecule has 0 fully saturated rings. The van der Waals surface area contributed by atoms with Crippen molar-refractivity contribution in [2.24, 2.45) is 0 Å². The van der Waals surface area contributed by atoms with Gasteiger partial charge in [0.05, 0.1) is 16.9 Å². The van der Waals surface area contributed by atoms with E-state index in [2.05, 4.69) is 21.0 Å². The van der Waals surface area contributed by atoms with Crippen molar-refractivity contribution in [3.63, 3.8) is 0 Å². The van der Waals surface area contributed by atoms with Crippen molar-refractivity contribution in [2.75, 3.05) is 0 Å². The van der Waals surface area contributed by atoms with Crippen LogP contribution in [0, 0.1) is 6.92 Å². The first-order chi connectivity index (χ1) is 8.95. The molecule has 100 valence electrons. The second kappa shape index (κ2) is 5.47. The highest BCUT2D eigenvalue weighted by Gasteiger charge is 2.19. The molecule has 0 aliphatic carbocycles. The van der Waals surface area contributed by atoms with E-state index in [9.17, 15) is 4.79 Å². The van der Waals surface area contributed by atoms with Gasteiger partial charge in [-0.2, -0.15) is 5.10 Å². The van der Waals surface area contributed by atoms with Crippen molar-refractivity contribution in [3.8, 4) is 5.69 Å². The molecule has 1 aromatic carbocycles. The van der Waals surface area contributed by atoms with E-state index >= 15 is 0 Å². The minimum atomic E-state index is 0.148. The van der Waals surface area contributed by atoms with Crippen LogP contribution in [0.4, 0.5) is 0 Å². The van der Waals surface area contributed by atoms with E-state index in [1.165, 1.54) is 0 Å². The highest BCUT2D eigenvalue weighted by Crippen LogP contribution is 2.29. The van der Waals surface area contributed by atoms with Gasteiger partial charge < -0.3 is 0 Å². The molecule has 0 unspecified atom stereocenters. The molecule has 0 spiro atoms. The molecule has 1 heterocycles. The number of halogens is 2. The van der Waals surface area contributed by atoms with Gasteiger partial charge in [0.15, 0.2) is 6.29 Å². The lowest BCUT2D eigenvalue weighted by molar-refractivity contribution is 0.112. The normalized spacial score (nSPS) is 11.1. The Bertz CT molecular complexity index is 635. The van der Waals surface area contributed by atoms with Crippen LogP contribution >= 0.6 is 27.5 Å². The summed E-state index contributed by atoms with van der Waals surface area (Å²) in [6.45, 7) is 5.96. The number of aryl methyl sites for hydroxylation is 1. The van der Waals surface area contributed by atoms with Gasteiger partial charge in [-0.05, 0) is 36.6 Å². The molecule has 0 bridgehead atoms. The van der Waals surface area contributed by atoms with Gasteiger partial charge >= 0.3 is 0 Å². The molecule has 0 saturated carbocycles. The van der Waals surface area contributed by atoms with Crippen molar-refractivity contribution in [1.29, 1.82) is 0 Å². The van der Waals surface area contributed by atoms with E-state index in [1.807, 2.05) is 39.0 Å². The van der Waals surface area contributed by atoms with Crippen molar-refractivity contribution < 1.29 is 4.79 Å². The summed E-state index contributed by atoms with van der Waals surface area (Å²) in [5.74, 6) is 0.148. The van der Waals surface area contributed by atoms with Gasteiger partial charge in [-0.15, -0.1) is 0 Å². The third kappa shape index (κ3) is 2.60. The summed E-state index contributed by atoms with van der Waals surface area (Å²) in [6, 6.07) is 5.84. The molecular formula is C14H14BrClN2O. The first kappa shape index (κ1) is 14.3. The Morgan fingerprint density at radius 2 is 2.11 bits per heavy atom. The second-order valence-electron chi connectivity index (χ2n) is 4.70. The zero-order valence-corrected chi connectivity index (χ0v) is 13.3. The molecule has 0 radical (unpaired) electrons. The zero-order valence-electron chi connectivity index (χ0n) is 10.9. The van der Waals surface area contributed by atoms with E-state index in [0.29, 0.717) is 10.7 Å². The molecule has 2 rings (SSSR count). The van der Waals surface area contributed by atoms with Crippen LogP contribution in [0.5, 0.6) is 0 Å². The van der Waals surface area contributed by atoms with E-state index < -0.39 is 0 Å². The van der Waals surface area contributed by atoms with Crippen LogP contribution in [-0.4, -0.2) is 16.1 Å². The smallest absolute Gasteiger partial charge is 0.155 e. The van der Waals surface area contributed by atoms with Crippen LogP contribution < -0.4 is 0 Å². The van der Waals surface area contributed by atoms with E-state index in [-0.39, 0.29) is 5.92 Å². The number of hydrogen-bond acceptors (Lipinski definition) is 2. The molecule has 0 aliphatic rings. The third-order valence-electron chi connectivity index (χ3n) is 2.94. The predicted molar refractivity (Wildman–Crippen MR) is 80.5 cm³/mol. The fraction of sp³-hybridized carbons (Fsp3) is 0.286. The number of nitrogens with zero attached hydrogens (tertiary/aromatic N) is 2. The lowest BCUT2D eigenvalue weighted by Gasteiger charge is -2.07. The summed E-state index contributed by atoms with van der Waals surface area (Å²) < 4.78 is 2.62. The lowest BCUT2D eigenvalue weighted by atomic mass is 10.1. The second-order valence-corrected chi connectivity index (χ2v) is 5.98. The maximum absolute atomic E-state index is 11.2. The van der Waals surface area contributed by atoms with Crippen molar-refractivity contribution >= 4 is 33.8 Å². The molecule has 0 saturated heterocycles. The number of carbonyl (C=O) groups excluding carboxylic acids is 1. The number of aromatic nitrogens is 2. The summed E-state index contributed by atoms with van der Waals surface area (Å²) in [6.07, 6.45) is 0.773. The van der Waals surface area contributed by atoms with Gasteiger partial charge in [0, 0.05) is 4.47 Å². The van der Waals surface area contributed by atoms with Crippen molar-refractivity contribution in [1.82, 2.24) is 9.78 Å². The fourth-order valence-corrected chi connectivity index (χ4v) is 2.72. The standard InChI is InChI=1S/C14H14BrClN2O/c1-8(2)13-11(7-19)14(16)18(17-13)12-5-4-10(15)6-9(12)3/h4-8H,1-3H3. The van der Waals surface area contributed by atoms with Gasteiger partial charge in [-0.1, -0.05) is 41.4 Å². The average molecular weight is 342 g/mol. The molecule has 5 heteroatoms. The van der Waals surface area contributed by atoms with Crippen LogP contribution in [0.1, 0.15) is 41.4 Å². The minimum absolute atomic E-state index is 0.148. The number of aldehydes is 1. The molecular weight excluding hydrogens is 328 g/mol. The third-order valence-corrected chi connectivity index (χ3v) is 3.80. The maximum atomic E-state index is 11.2. The van der Waals surface area contributed by atoms with Crippen LogP contribution in [-0.2, 0) is 0 Å². The Labute approximate surface area is 125 Å². The van der Waals surface area contributed by atoms with Crippen LogP contribution in [0.3, 0.4) is 0 Å². The first-order valence-electron chi connectivity index (χ1n) is 5.95. The highest BCUT2D eigenvalue weighted by molar-refractivity contribution is 9.10. The van der Waals surface area contributed by atoms with E-state index in [4.69, 9.17) is 11.6 Å². The van der Waals surface area contributed by atoms with E-state index in [0.717, 1.165) is 27.7 Å². The number of hydrogen-bond donors (Lipinski definition) is 0. The van der Waals surface area contributed by atoms with Gasteiger partial charge in [-0.25, -0.2) is 4.68 Å². The van der Waals surface area contributed by atoms with Crippen LogP contribution in [0.25, 0.3) is 5.69 Å². The van der Waals surface area contributed by atoms with Gasteiger partial charge in [0.2, 0.25) is 0 Å². The molecule has 1 aromatic heterocycles. The van der Waals surface area contributed by atoms with Gasteiger partial charge in [0.1, 0.15) is 5.15 Å².